The number of benzene rings is 2. The molecule has 0 N–H and O–H groups in total. The Morgan fingerprint density at radius 3 is 2.35 bits per heavy atom. The average Bonchev–Trinajstić information content (AvgIpc) is 3.19. The van der Waals surface area contributed by atoms with Crippen LogP contribution in [0.25, 0.3) is 6.08 Å². The molecule has 1 aromatic heterocycles. The SMILES string of the molecule is CCOC(=O)C1=C(C)N=c2s/c(=C/c3ccccc3OC(C)=O)c(=O)n2[C@@H]1c1ccc(OC(C)=O)c(OCC)c1. The van der Waals surface area contributed by atoms with Crippen molar-refractivity contribution in [3.05, 3.63) is 84.5 Å². The molecular weight excluding hydrogens is 536 g/mol. The second-order valence-corrected chi connectivity index (χ2v) is 9.68. The third-order valence-corrected chi connectivity index (χ3v) is 6.80. The summed E-state index contributed by atoms with van der Waals surface area (Å²) < 4.78 is 23.4. The molecule has 0 radical (unpaired) electrons. The molecule has 0 fully saturated rings. The number of nitrogens with zero attached hydrogens (tertiary/aromatic N) is 2. The van der Waals surface area contributed by atoms with Gasteiger partial charge in [0.05, 0.1) is 35.1 Å². The van der Waals surface area contributed by atoms with Crippen molar-refractivity contribution in [3.63, 3.8) is 0 Å². The number of fused-ring (bicyclic) bond motifs is 1. The van der Waals surface area contributed by atoms with Gasteiger partial charge in [-0.3, -0.25) is 19.0 Å². The molecule has 0 unspecified atom stereocenters. The van der Waals surface area contributed by atoms with Crippen LogP contribution in [0.5, 0.6) is 17.2 Å². The van der Waals surface area contributed by atoms with Gasteiger partial charge < -0.3 is 18.9 Å². The Kier molecular flexibility index (Phi) is 8.64. The second-order valence-electron chi connectivity index (χ2n) is 8.67. The Hall–Kier alpha value is -4.51. The third-order valence-electron chi connectivity index (χ3n) is 5.81. The van der Waals surface area contributed by atoms with E-state index in [1.807, 2.05) is 0 Å². The van der Waals surface area contributed by atoms with E-state index in [0.29, 0.717) is 38.5 Å². The van der Waals surface area contributed by atoms with Crippen LogP contribution in [0.3, 0.4) is 0 Å². The van der Waals surface area contributed by atoms with Crippen molar-refractivity contribution in [2.75, 3.05) is 13.2 Å². The second kappa shape index (κ2) is 12.1. The number of aromatic nitrogens is 1. The van der Waals surface area contributed by atoms with E-state index in [1.54, 1.807) is 69.3 Å². The van der Waals surface area contributed by atoms with Crippen LogP contribution in [0.2, 0.25) is 0 Å². The first kappa shape index (κ1) is 28.5. The lowest BCUT2D eigenvalue weighted by Gasteiger charge is -2.25. The molecule has 10 nitrogen and oxygen atoms in total. The number of allylic oxidation sites excluding steroid dienone is 1. The Balaban J connectivity index is 1.95. The van der Waals surface area contributed by atoms with Crippen molar-refractivity contribution in [1.29, 1.82) is 0 Å². The van der Waals surface area contributed by atoms with E-state index >= 15 is 0 Å². The van der Waals surface area contributed by atoms with Crippen molar-refractivity contribution < 1.29 is 33.3 Å². The molecule has 1 atom stereocenters. The summed E-state index contributed by atoms with van der Waals surface area (Å²) in [5, 5.41) is 0. The van der Waals surface area contributed by atoms with Crippen LogP contribution in [0, 0.1) is 0 Å². The van der Waals surface area contributed by atoms with Crippen molar-refractivity contribution in [2.45, 2.75) is 40.7 Å². The summed E-state index contributed by atoms with van der Waals surface area (Å²) in [5.74, 6) is -0.803. The molecule has 40 heavy (non-hydrogen) atoms. The summed E-state index contributed by atoms with van der Waals surface area (Å²) in [5.41, 5.74) is 1.26. The molecule has 0 saturated heterocycles. The van der Waals surface area contributed by atoms with Crippen molar-refractivity contribution >= 4 is 35.3 Å². The number of para-hydroxylation sites is 1. The molecule has 2 heterocycles. The van der Waals surface area contributed by atoms with E-state index in [9.17, 15) is 19.2 Å². The van der Waals surface area contributed by atoms with Gasteiger partial charge in [0, 0.05) is 19.4 Å². The zero-order valence-electron chi connectivity index (χ0n) is 22.7. The quantitative estimate of drug-likeness (QED) is 0.302. The van der Waals surface area contributed by atoms with E-state index in [0.717, 1.165) is 11.3 Å². The highest BCUT2D eigenvalue weighted by molar-refractivity contribution is 7.07. The first-order valence-electron chi connectivity index (χ1n) is 12.6. The van der Waals surface area contributed by atoms with Crippen LogP contribution < -0.4 is 29.1 Å². The maximum Gasteiger partial charge on any atom is 0.338 e. The molecule has 2 aromatic carbocycles. The highest BCUT2D eigenvalue weighted by atomic mass is 32.1. The van der Waals surface area contributed by atoms with Gasteiger partial charge in [-0.15, -0.1) is 0 Å². The molecule has 4 rings (SSSR count). The maximum absolute atomic E-state index is 13.9. The molecule has 0 aliphatic carbocycles. The fourth-order valence-electron chi connectivity index (χ4n) is 4.30. The van der Waals surface area contributed by atoms with Crippen LogP contribution in [-0.4, -0.2) is 35.7 Å². The van der Waals surface area contributed by atoms with Gasteiger partial charge in [0.1, 0.15) is 5.75 Å². The monoisotopic (exact) mass is 564 g/mol. The minimum Gasteiger partial charge on any atom is -0.490 e. The van der Waals surface area contributed by atoms with Gasteiger partial charge in [-0.1, -0.05) is 35.6 Å². The lowest BCUT2D eigenvalue weighted by molar-refractivity contribution is -0.139. The molecule has 3 aromatic rings. The summed E-state index contributed by atoms with van der Waals surface area (Å²) in [6.45, 7) is 8.18. The molecule has 0 spiro atoms. The van der Waals surface area contributed by atoms with Gasteiger partial charge >= 0.3 is 17.9 Å². The number of esters is 3. The van der Waals surface area contributed by atoms with E-state index in [1.165, 1.54) is 18.4 Å². The van der Waals surface area contributed by atoms with Gasteiger partial charge in [-0.2, -0.15) is 0 Å². The highest BCUT2D eigenvalue weighted by Gasteiger charge is 2.34. The number of thiazole rings is 1. The van der Waals surface area contributed by atoms with Crippen molar-refractivity contribution in [3.8, 4) is 17.2 Å². The summed E-state index contributed by atoms with van der Waals surface area (Å²) in [6.07, 6.45) is 1.62. The van der Waals surface area contributed by atoms with Crippen LogP contribution in [-0.2, 0) is 19.1 Å². The standard InChI is InChI=1S/C29H28N2O8S/c1-6-36-23-14-20(12-13-22(23)39-18(5)33)26-25(28(35)37-7-2)16(3)30-29-31(26)27(34)24(40-29)15-19-10-8-9-11-21(19)38-17(4)32/h8-15,26H,6-7H2,1-5H3/b24-15+/t26-/m1/s1. The van der Waals surface area contributed by atoms with Crippen molar-refractivity contribution in [1.82, 2.24) is 4.57 Å². The topological polar surface area (TPSA) is 122 Å². The van der Waals surface area contributed by atoms with E-state index in [4.69, 9.17) is 18.9 Å². The zero-order chi connectivity index (χ0) is 29.0. The predicted molar refractivity (Wildman–Crippen MR) is 147 cm³/mol. The van der Waals surface area contributed by atoms with E-state index < -0.39 is 29.5 Å². The molecular formula is C29H28N2O8S. The Labute approximate surface area is 233 Å². The van der Waals surface area contributed by atoms with Gasteiger partial charge in [0.2, 0.25) is 0 Å². The lowest BCUT2D eigenvalue weighted by atomic mass is 9.95. The molecule has 0 saturated carbocycles. The van der Waals surface area contributed by atoms with Crippen LogP contribution in [0.1, 0.15) is 51.8 Å². The number of carbonyl (C=O) groups excluding carboxylic acids is 3. The molecule has 11 heteroatoms. The van der Waals surface area contributed by atoms with E-state index in [2.05, 4.69) is 4.99 Å². The first-order chi connectivity index (χ1) is 19.1. The molecule has 1 aliphatic heterocycles. The summed E-state index contributed by atoms with van der Waals surface area (Å²) >= 11 is 1.14. The summed E-state index contributed by atoms with van der Waals surface area (Å²) in [4.78, 5) is 55.2. The minimum atomic E-state index is -0.897. The molecule has 1 aliphatic rings. The highest BCUT2D eigenvalue weighted by Crippen LogP contribution is 2.36. The van der Waals surface area contributed by atoms with Gasteiger partial charge in [-0.25, -0.2) is 9.79 Å². The summed E-state index contributed by atoms with van der Waals surface area (Å²) in [6, 6.07) is 10.8. The van der Waals surface area contributed by atoms with Gasteiger partial charge in [0.15, 0.2) is 16.3 Å². The van der Waals surface area contributed by atoms with E-state index in [-0.39, 0.29) is 23.7 Å². The number of rotatable bonds is 8. The number of hydrogen-bond donors (Lipinski definition) is 0. The minimum absolute atomic E-state index is 0.134. The lowest BCUT2D eigenvalue weighted by Crippen LogP contribution is -2.40. The first-order valence-corrected chi connectivity index (χ1v) is 13.4. The Morgan fingerprint density at radius 2 is 1.68 bits per heavy atom. The molecule has 0 amide bonds. The largest absolute Gasteiger partial charge is 0.490 e. The number of hydrogen-bond acceptors (Lipinski definition) is 10. The average molecular weight is 565 g/mol. The van der Waals surface area contributed by atoms with Crippen LogP contribution in [0.4, 0.5) is 0 Å². The fraction of sp³-hybridized carbons (Fsp3) is 0.276. The van der Waals surface area contributed by atoms with Crippen LogP contribution >= 0.6 is 11.3 Å². The molecule has 208 valence electrons. The van der Waals surface area contributed by atoms with Gasteiger partial charge in [0.25, 0.3) is 5.56 Å². The smallest absolute Gasteiger partial charge is 0.338 e. The normalized spacial score (nSPS) is 14.7. The zero-order valence-corrected chi connectivity index (χ0v) is 23.5. The Bertz CT molecular complexity index is 1700. The maximum atomic E-state index is 13.9. The molecule has 0 bridgehead atoms. The number of ether oxygens (including phenoxy) is 4. The van der Waals surface area contributed by atoms with Crippen molar-refractivity contribution in [2.24, 2.45) is 4.99 Å². The number of carbonyl (C=O) groups is 3. The van der Waals surface area contributed by atoms with Crippen LogP contribution in [0.15, 0.2) is 63.5 Å². The fourth-order valence-corrected chi connectivity index (χ4v) is 5.34. The Morgan fingerprint density at radius 1 is 0.975 bits per heavy atom. The summed E-state index contributed by atoms with van der Waals surface area (Å²) in [7, 11) is 0. The van der Waals surface area contributed by atoms with Gasteiger partial charge in [-0.05, 0) is 50.6 Å². The third kappa shape index (κ3) is 5.89. The predicted octanol–water partition coefficient (Wildman–Crippen LogP) is 3.05.